The summed E-state index contributed by atoms with van der Waals surface area (Å²) in [5, 5.41) is 0.338. The number of hydrogen-bond donors (Lipinski definition) is 1. The van der Waals surface area contributed by atoms with Gasteiger partial charge in [-0.1, -0.05) is 41.6 Å². The number of nitrogens with zero attached hydrogens (tertiary/aromatic N) is 2. The first kappa shape index (κ1) is 12.6. The zero-order valence-corrected chi connectivity index (χ0v) is 11.0. The first-order valence-corrected chi connectivity index (χ1v) is 6.63. The minimum Gasteiger partial charge on any atom is -0.286 e. The summed E-state index contributed by atoms with van der Waals surface area (Å²) in [5.74, 6) is 0. The van der Waals surface area contributed by atoms with Gasteiger partial charge in [0, 0.05) is 0 Å². The second-order valence-electron chi connectivity index (χ2n) is 3.91. The maximum Gasteiger partial charge on any atom is 0.354 e. The molecule has 0 bridgehead atoms. The van der Waals surface area contributed by atoms with Crippen LogP contribution >= 0.6 is 11.8 Å². The lowest BCUT2D eigenvalue weighted by Crippen LogP contribution is -2.37. The lowest BCUT2D eigenvalue weighted by atomic mass is 10.1. The highest BCUT2D eigenvalue weighted by atomic mass is 32.2. The second-order valence-corrected chi connectivity index (χ2v) is 4.70. The largest absolute Gasteiger partial charge is 0.354 e. The van der Waals surface area contributed by atoms with Gasteiger partial charge in [0.15, 0.2) is 5.16 Å². The molecular formula is C12H13N3O2S. The molecule has 0 spiro atoms. The molecule has 1 N–H and O–H groups in total. The smallest absolute Gasteiger partial charge is 0.286 e. The molecule has 0 unspecified atom stereocenters. The Labute approximate surface area is 108 Å². The molecule has 0 amide bonds. The van der Waals surface area contributed by atoms with Crippen LogP contribution in [0.2, 0.25) is 0 Å². The van der Waals surface area contributed by atoms with Gasteiger partial charge in [-0.2, -0.15) is 4.98 Å². The Morgan fingerprint density at radius 2 is 1.94 bits per heavy atom. The molecule has 2 rings (SSSR count). The number of aryl methyl sites for hydroxylation is 1. The summed E-state index contributed by atoms with van der Waals surface area (Å²) in [4.78, 5) is 29.8. The molecule has 0 aliphatic carbocycles. The quantitative estimate of drug-likeness (QED) is 0.839. The van der Waals surface area contributed by atoms with Crippen molar-refractivity contribution in [2.45, 2.75) is 18.6 Å². The van der Waals surface area contributed by atoms with Gasteiger partial charge in [-0.15, -0.1) is 0 Å². The van der Waals surface area contributed by atoms with Crippen LogP contribution in [0.25, 0.3) is 0 Å². The van der Waals surface area contributed by atoms with Crippen molar-refractivity contribution in [2.24, 2.45) is 0 Å². The standard InChI is InChI=1S/C12H13N3O2S/c1-8-3-5-9(6-4-8)7-15-11(16)13-10(18-2)14-12(15)17/h3-6H,7H2,1-2H3,(H,13,14,16,17). The fraction of sp³-hybridized carbons (Fsp3) is 0.250. The molecule has 1 aromatic heterocycles. The van der Waals surface area contributed by atoms with E-state index < -0.39 is 11.4 Å². The molecule has 94 valence electrons. The molecule has 5 nitrogen and oxygen atoms in total. The van der Waals surface area contributed by atoms with E-state index in [0.29, 0.717) is 5.16 Å². The number of benzene rings is 1. The normalized spacial score (nSPS) is 10.6. The van der Waals surface area contributed by atoms with Gasteiger partial charge in [-0.25, -0.2) is 14.2 Å². The summed E-state index contributed by atoms with van der Waals surface area (Å²) in [7, 11) is 0. The van der Waals surface area contributed by atoms with Crippen LogP contribution in [-0.4, -0.2) is 20.8 Å². The predicted molar refractivity (Wildman–Crippen MR) is 71.2 cm³/mol. The zero-order chi connectivity index (χ0) is 13.1. The van der Waals surface area contributed by atoms with Crippen LogP contribution in [0.15, 0.2) is 39.0 Å². The van der Waals surface area contributed by atoms with E-state index in [9.17, 15) is 9.59 Å². The molecule has 0 fully saturated rings. The maximum atomic E-state index is 11.7. The fourth-order valence-corrected chi connectivity index (χ4v) is 1.89. The van der Waals surface area contributed by atoms with Crippen LogP contribution in [0.1, 0.15) is 11.1 Å². The highest BCUT2D eigenvalue weighted by Crippen LogP contribution is 2.04. The molecule has 0 radical (unpaired) electrons. The molecule has 18 heavy (non-hydrogen) atoms. The van der Waals surface area contributed by atoms with Gasteiger partial charge in [0.25, 0.3) is 0 Å². The number of aromatic amines is 1. The molecule has 0 atom stereocenters. The molecule has 2 aromatic rings. The molecule has 0 saturated heterocycles. The Morgan fingerprint density at radius 3 is 2.50 bits per heavy atom. The second kappa shape index (κ2) is 5.22. The van der Waals surface area contributed by atoms with Crippen molar-refractivity contribution >= 4 is 11.8 Å². The van der Waals surface area contributed by atoms with Gasteiger partial charge >= 0.3 is 11.4 Å². The van der Waals surface area contributed by atoms with Gasteiger partial charge < -0.3 is 0 Å². The monoisotopic (exact) mass is 263 g/mol. The summed E-state index contributed by atoms with van der Waals surface area (Å²) < 4.78 is 1.09. The van der Waals surface area contributed by atoms with Gasteiger partial charge in [0.2, 0.25) is 0 Å². The van der Waals surface area contributed by atoms with E-state index in [2.05, 4.69) is 9.97 Å². The number of thioether (sulfide) groups is 1. The molecule has 0 aliphatic rings. The minimum atomic E-state index is -0.524. The van der Waals surface area contributed by atoms with Gasteiger partial charge in [-0.05, 0) is 18.7 Å². The molecule has 1 heterocycles. The van der Waals surface area contributed by atoms with Gasteiger partial charge in [0.1, 0.15) is 0 Å². The molecule has 6 heteroatoms. The van der Waals surface area contributed by atoms with E-state index in [-0.39, 0.29) is 6.54 Å². The van der Waals surface area contributed by atoms with E-state index in [1.54, 1.807) is 6.26 Å². The third-order valence-electron chi connectivity index (χ3n) is 2.54. The van der Waals surface area contributed by atoms with Crippen molar-refractivity contribution in [1.29, 1.82) is 0 Å². The van der Waals surface area contributed by atoms with Crippen molar-refractivity contribution in [3.8, 4) is 0 Å². The number of aromatic nitrogens is 3. The topological polar surface area (TPSA) is 67.8 Å². The van der Waals surface area contributed by atoms with Crippen molar-refractivity contribution in [3.05, 3.63) is 56.4 Å². The third-order valence-corrected chi connectivity index (χ3v) is 3.12. The van der Waals surface area contributed by atoms with Crippen LogP contribution in [0.3, 0.4) is 0 Å². The third kappa shape index (κ3) is 2.70. The Kier molecular flexibility index (Phi) is 3.66. The van der Waals surface area contributed by atoms with Crippen LogP contribution in [0.5, 0.6) is 0 Å². The Bertz CT molecular complexity index is 627. The number of hydrogen-bond acceptors (Lipinski definition) is 4. The molecule has 0 saturated carbocycles. The average molecular weight is 263 g/mol. The van der Waals surface area contributed by atoms with Crippen LogP contribution in [0.4, 0.5) is 0 Å². The average Bonchev–Trinajstić information content (AvgIpc) is 2.35. The summed E-state index contributed by atoms with van der Waals surface area (Å²) in [6, 6.07) is 7.67. The van der Waals surface area contributed by atoms with E-state index in [1.165, 1.54) is 11.8 Å². The van der Waals surface area contributed by atoms with E-state index in [1.807, 2.05) is 31.2 Å². The van der Waals surface area contributed by atoms with Gasteiger partial charge in [-0.3, -0.25) is 4.98 Å². The minimum absolute atomic E-state index is 0.232. The lowest BCUT2D eigenvalue weighted by molar-refractivity contribution is 0.632. The maximum absolute atomic E-state index is 11.7. The van der Waals surface area contributed by atoms with Crippen molar-refractivity contribution in [1.82, 2.24) is 14.5 Å². The number of nitrogens with one attached hydrogen (secondary N) is 1. The first-order valence-electron chi connectivity index (χ1n) is 5.41. The Morgan fingerprint density at radius 1 is 1.28 bits per heavy atom. The fourth-order valence-electron chi connectivity index (χ4n) is 1.53. The highest BCUT2D eigenvalue weighted by Gasteiger charge is 2.05. The SMILES string of the molecule is CSc1nc(=O)n(Cc2ccc(C)cc2)c(=O)[nH]1. The summed E-state index contributed by atoms with van der Waals surface area (Å²) in [6.45, 7) is 2.22. The summed E-state index contributed by atoms with van der Waals surface area (Å²) >= 11 is 1.23. The van der Waals surface area contributed by atoms with Crippen LogP contribution in [-0.2, 0) is 6.54 Å². The molecular weight excluding hydrogens is 250 g/mol. The van der Waals surface area contributed by atoms with Crippen LogP contribution in [0, 0.1) is 6.92 Å². The van der Waals surface area contributed by atoms with Crippen molar-refractivity contribution in [3.63, 3.8) is 0 Å². The van der Waals surface area contributed by atoms with Crippen LogP contribution < -0.4 is 11.4 Å². The number of rotatable bonds is 3. The van der Waals surface area contributed by atoms with E-state index in [0.717, 1.165) is 15.7 Å². The Balaban J connectivity index is 2.38. The summed E-state index contributed by atoms with van der Waals surface area (Å²) in [6.07, 6.45) is 1.75. The zero-order valence-electron chi connectivity index (χ0n) is 10.1. The lowest BCUT2D eigenvalue weighted by Gasteiger charge is -2.05. The van der Waals surface area contributed by atoms with E-state index >= 15 is 0 Å². The number of H-pyrrole nitrogens is 1. The molecule has 1 aromatic carbocycles. The predicted octanol–water partition coefficient (Wildman–Crippen LogP) is 1.01. The van der Waals surface area contributed by atoms with Gasteiger partial charge in [0.05, 0.1) is 6.54 Å². The Hall–Kier alpha value is -1.82. The molecule has 0 aliphatic heterocycles. The van der Waals surface area contributed by atoms with E-state index in [4.69, 9.17) is 0 Å². The summed E-state index contributed by atoms with van der Waals surface area (Å²) in [5.41, 5.74) is 1.08. The van der Waals surface area contributed by atoms with Crippen molar-refractivity contribution < 1.29 is 0 Å². The highest BCUT2D eigenvalue weighted by molar-refractivity contribution is 7.98. The van der Waals surface area contributed by atoms with Crippen molar-refractivity contribution in [2.75, 3.05) is 6.26 Å². The first-order chi connectivity index (χ1) is 8.60.